The van der Waals surface area contributed by atoms with Gasteiger partial charge in [-0.1, -0.05) is 13.0 Å². The van der Waals surface area contributed by atoms with Gasteiger partial charge in [0.05, 0.1) is 18.0 Å². The molecule has 0 radical (unpaired) electrons. The number of nitrogens with one attached hydrogen (secondary N) is 1. The van der Waals surface area contributed by atoms with Crippen LogP contribution in [0.25, 0.3) is 0 Å². The van der Waals surface area contributed by atoms with Crippen molar-refractivity contribution in [3.05, 3.63) is 40.1 Å². The molecule has 2 rings (SSSR count). The summed E-state index contributed by atoms with van der Waals surface area (Å²) in [5, 5.41) is 3.36. The summed E-state index contributed by atoms with van der Waals surface area (Å²) in [5.41, 5.74) is 7.72. The number of aryl methyl sites for hydroxylation is 1. The van der Waals surface area contributed by atoms with Crippen LogP contribution in [0.1, 0.15) is 23.1 Å². The lowest BCUT2D eigenvalue weighted by atomic mass is 10.2. The van der Waals surface area contributed by atoms with Crippen molar-refractivity contribution in [2.24, 2.45) is 0 Å². The van der Waals surface area contributed by atoms with Crippen LogP contribution in [0, 0.1) is 6.92 Å². The largest absolute Gasteiger partial charge is 0.491 e. The quantitative estimate of drug-likeness (QED) is 0.783. The maximum absolute atomic E-state index is 6.11. The number of nitrogens with two attached hydrogens (primary N) is 1. The van der Waals surface area contributed by atoms with Gasteiger partial charge in [-0.2, -0.15) is 0 Å². The van der Waals surface area contributed by atoms with Crippen LogP contribution in [0.4, 0.5) is 11.4 Å². The van der Waals surface area contributed by atoms with Crippen molar-refractivity contribution in [2.75, 3.05) is 17.7 Å². The van der Waals surface area contributed by atoms with Crippen LogP contribution in [0.3, 0.4) is 0 Å². The molecule has 1 aromatic carbocycles. The average Bonchev–Trinajstić information content (AvgIpc) is 2.82. The van der Waals surface area contributed by atoms with Gasteiger partial charge in [-0.15, -0.1) is 11.3 Å². The van der Waals surface area contributed by atoms with Gasteiger partial charge in [-0.05, 0) is 37.6 Å². The van der Waals surface area contributed by atoms with E-state index in [9.17, 15) is 0 Å². The maximum atomic E-state index is 6.11. The predicted molar refractivity (Wildman–Crippen MR) is 83.0 cm³/mol. The highest BCUT2D eigenvalue weighted by Gasteiger charge is 2.06. The molecule has 0 bridgehead atoms. The summed E-state index contributed by atoms with van der Waals surface area (Å²) in [7, 11) is 0. The van der Waals surface area contributed by atoms with Gasteiger partial charge >= 0.3 is 0 Å². The third kappa shape index (κ3) is 3.64. The van der Waals surface area contributed by atoms with Crippen molar-refractivity contribution in [3.8, 4) is 5.75 Å². The standard InChI is InChI=1S/C15H20N2OS/c1-3-9-18-14-6-4-5-13(15(14)16)17-10-12-8-7-11(2)19-12/h4-8,17H,3,9-10,16H2,1-2H3. The lowest BCUT2D eigenvalue weighted by Crippen LogP contribution is -2.04. The lowest BCUT2D eigenvalue weighted by molar-refractivity contribution is 0.319. The van der Waals surface area contributed by atoms with Gasteiger partial charge in [0.1, 0.15) is 5.75 Å². The van der Waals surface area contributed by atoms with E-state index in [1.807, 2.05) is 18.2 Å². The van der Waals surface area contributed by atoms with Crippen LogP contribution < -0.4 is 15.8 Å². The molecule has 19 heavy (non-hydrogen) atoms. The average molecular weight is 276 g/mol. The maximum Gasteiger partial charge on any atom is 0.144 e. The Kier molecular flexibility index (Phi) is 4.68. The van der Waals surface area contributed by atoms with E-state index in [1.54, 1.807) is 11.3 Å². The van der Waals surface area contributed by atoms with Gasteiger partial charge in [0.15, 0.2) is 0 Å². The van der Waals surface area contributed by atoms with Crippen LogP contribution in [0.15, 0.2) is 30.3 Å². The number of ether oxygens (including phenoxy) is 1. The molecular formula is C15H20N2OS. The summed E-state index contributed by atoms with van der Waals surface area (Å²) < 4.78 is 5.62. The van der Waals surface area contributed by atoms with Crippen molar-refractivity contribution in [1.29, 1.82) is 0 Å². The number of thiophene rings is 1. The Balaban J connectivity index is 2.03. The topological polar surface area (TPSA) is 47.3 Å². The Morgan fingerprint density at radius 1 is 1.26 bits per heavy atom. The molecule has 1 heterocycles. The van der Waals surface area contributed by atoms with Crippen LogP contribution >= 0.6 is 11.3 Å². The first-order valence-electron chi connectivity index (χ1n) is 6.51. The zero-order valence-electron chi connectivity index (χ0n) is 11.4. The Morgan fingerprint density at radius 3 is 2.79 bits per heavy atom. The van der Waals surface area contributed by atoms with Crippen molar-refractivity contribution in [1.82, 2.24) is 0 Å². The zero-order valence-corrected chi connectivity index (χ0v) is 12.2. The second kappa shape index (κ2) is 6.48. The first-order valence-corrected chi connectivity index (χ1v) is 7.33. The fourth-order valence-corrected chi connectivity index (χ4v) is 2.63. The Morgan fingerprint density at radius 2 is 2.11 bits per heavy atom. The molecule has 0 unspecified atom stereocenters. The third-order valence-corrected chi connectivity index (χ3v) is 3.78. The molecule has 0 aliphatic rings. The van der Waals surface area contributed by atoms with E-state index in [0.717, 1.165) is 24.4 Å². The summed E-state index contributed by atoms with van der Waals surface area (Å²) in [4.78, 5) is 2.63. The highest BCUT2D eigenvalue weighted by molar-refractivity contribution is 7.11. The van der Waals surface area contributed by atoms with Gasteiger partial charge in [0, 0.05) is 16.3 Å². The van der Waals surface area contributed by atoms with Crippen LogP contribution in [-0.2, 0) is 6.54 Å². The van der Waals surface area contributed by atoms with E-state index in [2.05, 4.69) is 31.3 Å². The minimum absolute atomic E-state index is 0.684. The van der Waals surface area contributed by atoms with Crippen molar-refractivity contribution >= 4 is 22.7 Å². The van der Waals surface area contributed by atoms with E-state index in [0.29, 0.717) is 12.3 Å². The van der Waals surface area contributed by atoms with E-state index in [4.69, 9.17) is 10.5 Å². The molecule has 3 N–H and O–H groups in total. The summed E-state index contributed by atoms with van der Waals surface area (Å²) in [6.07, 6.45) is 0.978. The van der Waals surface area contributed by atoms with E-state index >= 15 is 0 Å². The molecule has 0 amide bonds. The third-order valence-electron chi connectivity index (χ3n) is 2.78. The van der Waals surface area contributed by atoms with Gasteiger partial charge in [0.2, 0.25) is 0 Å². The molecular weight excluding hydrogens is 256 g/mol. The number of benzene rings is 1. The molecule has 0 saturated carbocycles. The number of nitrogen functional groups attached to an aromatic ring is 1. The predicted octanol–water partition coefficient (Wildman–Crippen LogP) is 4.04. The highest BCUT2D eigenvalue weighted by Crippen LogP contribution is 2.30. The fraction of sp³-hybridized carbons (Fsp3) is 0.333. The second-order valence-corrected chi connectivity index (χ2v) is 5.80. The molecule has 0 saturated heterocycles. The lowest BCUT2D eigenvalue weighted by Gasteiger charge is -2.13. The monoisotopic (exact) mass is 276 g/mol. The van der Waals surface area contributed by atoms with Crippen molar-refractivity contribution in [2.45, 2.75) is 26.8 Å². The highest BCUT2D eigenvalue weighted by atomic mass is 32.1. The molecule has 0 fully saturated rings. The summed E-state index contributed by atoms with van der Waals surface area (Å²) >= 11 is 1.80. The molecule has 3 nitrogen and oxygen atoms in total. The van der Waals surface area contributed by atoms with Crippen LogP contribution in [0.2, 0.25) is 0 Å². The SMILES string of the molecule is CCCOc1cccc(NCc2ccc(C)s2)c1N. The van der Waals surface area contributed by atoms with Gasteiger partial charge in [-0.25, -0.2) is 0 Å². The molecule has 0 spiro atoms. The first-order chi connectivity index (χ1) is 9.20. The zero-order chi connectivity index (χ0) is 13.7. The summed E-state index contributed by atoms with van der Waals surface area (Å²) in [6.45, 7) is 5.68. The number of para-hydroxylation sites is 1. The summed E-state index contributed by atoms with van der Waals surface area (Å²) in [5.74, 6) is 0.759. The molecule has 0 aliphatic carbocycles. The minimum Gasteiger partial charge on any atom is -0.491 e. The Bertz CT molecular complexity index is 537. The fourth-order valence-electron chi connectivity index (χ4n) is 1.80. The van der Waals surface area contributed by atoms with E-state index in [1.165, 1.54) is 9.75 Å². The first kappa shape index (κ1) is 13.7. The van der Waals surface area contributed by atoms with E-state index in [-0.39, 0.29) is 0 Å². The number of hydrogen-bond acceptors (Lipinski definition) is 4. The number of anilines is 2. The smallest absolute Gasteiger partial charge is 0.144 e. The number of rotatable bonds is 6. The molecule has 4 heteroatoms. The second-order valence-electron chi connectivity index (χ2n) is 4.43. The van der Waals surface area contributed by atoms with Crippen LogP contribution in [-0.4, -0.2) is 6.61 Å². The van der Waals surface area contributed by atoms with E-state index < -0.39 is 0 Å². The molecule has 0 atom stereocenters. The molecule has 102 valence electrons. The molecule has 1 aromatic heterocycles. The molecule has 0 aliphatic heterocycles. The summed E-state index contributed by atoms with van der Waals surface area (Å²) in [6, 6.07) is 10.1. The normalized spacial score (nSPS) is 10.4. The van der Waals surface area contributed by atoms with Crippen molar-refractivity contribution in [3.63, 3.8) is 0 Å². The van der Waals surface area contributed by atoms with Gasteiger partial charge < -0.3 is 15.8 Å². The van der Waals surface area contributed by atoms with Gasteiger partial charge in [-0.3, -0.25) is 0 Å². The minimum atomic E-state index is 0.684. The van der Waals surface area contributed by atoms with Gasteiger partial charge in [0.25, 0.3) is 0 Å². The molecule has 2 aromatic rings. The van der Waals surface area contributed by atoms with Crippen LogP contribution in [0.5, 0.6) is 5.75 Å². The Hall–Kier alpha value is -1.68. The Labute approximate surface area is 118 Å². The number of hydrogen-bond donors (Lipinski definition) is 2. The van der Waals surface area contributed by atoms with Crippen molar-refractivity contribution < 1.29 is 4.74 Å².